The molecule has 10 heteroatoms. The van der Waals surface area contributed by atoms with Gasteiger partial charge in [-0.05, 0) is 86.4 Å². The number of carbonyl (C=O) groups excluding carboxylic acids is 1. The maximum absolute atomic E-state index is 12.8. The van der Waals surface area contributed by atoms with Gasteiger partial charge in [0.2, 0.25) is 5.89 Å². The van der Waals surface area contributed by atoms with E-state index in [9.17, 15) is 14.9 Å². The van der Waals surface area contributed by atoms with Crippen LogP contribution < -0.4 is 15.5 Å². The average molecular weight is 516 g/mol. The lowest BCUT2D eigenvalue weighted by atomic mass is 10.1. The Bertz CT molecular complexity index is 1510. The summed E-state index contributed by atoms with van der Waals surface area (Å²) in [4.78, 5) is 30.7. The van der Waals surface area contributed by atoms with Gasteiger partial charge >= 0.3 is 0 Å². The van der Waals surface area contributed by atoms with Gasteiger partial charge < -0.3 is 14.6 Å². The van der Waals surface area contributed by atoms with Crippen molar-refractivity contribution >= 4 is 51.4 Å². The summed E-state index contributed by atoms with van der Waals surface area (Å²) in [6.07, 6.45) is 3.10. The molecule has 1 aliphatic rings. The molecule has 0 saturated carbocycles. The highest BCUT2D eigenvalue weighted by Crippen LogP contribution is 2.31. The van der Waals surface area contributed by atoms with Crippen LogP contribution in [0.3, 0.4) is 0 Å². The van der Waals surface area contributed by atoms with Crippen molar-refractivity contribution in [3.05, 3.63) is 81.9 Å². The molecule has 1 fully saturated rings. The van der Waals surface area contributed by atoms with Gasteiger partial charge in [0.1, 0.15) is 11.2 Å². The van der Waals surface area contributed by atoms with Crippen molar-refractivity contribution in [1.29, 1.82) is 0 Å². The molecule has 0 radical (unpaired) electrons. The number of rotatable bonds is 5. The Morgan fingerprint density at radius 2 is 1.89 bits per heavy atom. The maximum Gasteiger partial charge on any atom is 0.293 e. The molecule has 0 spiro atoms. The molecule has 9 nitrogen and oxygen atoms in total. The predicted octanol–water partition coefficient (Wildman–Crippen LogP) is 5.83. The normalized spacial score (nSPS) is 13.4. The van der Waals surface area contributed by atoms with Gasteiger partial charge in [-0.25, -0.2) is 4.98 Å². The molecule has 37 heavy (non-hydrogen) atoms. The van der Waals surface area contributed by atoms with Gasteiger partial charge in [-0.2, -0.15) is 0 Å². The Kier molecular flexibility index (Phi) is 6.82. The molecule has 1 aromatic heterocycles. The topological polar surface area (TPSA) is 114 Å². The van der Waals surface area contributed by atoms with Gasteiger partial charge in [0, 0.05) is 36.0 Å². The first-order valence-electron chi connectivity index (χ1n) is 12.0. The minimum atomic E-state index is -0.531. The highest BCUT2D eigenvalue weighted by Gasteiger charge is 2.23. The zero-order valence-corrected chi connectivity index (χ0v) is 21.0. The number of amides is 1. The largest absolute Gasteiger partial charge is 0.436 e. The molecular formula is C27H25N5O4S. The van der Waals surface area contributed by atoms with Crippen LogP contribution in [0.15, 0.2) is 65.1 Å². The third-order valence-corrected chi connectivity index (χ3v) is 6.47. The minimum absolute atomic E-state index is 0.0677. The summed E-state index contributed by atoms with van der Waals surface area (Å²) in [6, 6.07) is 17.6. The van der Waals surface area contributed by atoms with E-state index in [4.69, 9.17) is 16.6 Å². The first kappa shape index (κ1) is 24.4. The smallest absolute Gasteiger partial charge is 0.293 e. The van der Waals surface area contributed by atoms with Crippen LogP contribution in [-0.2, 0) is 0 Å². The van der Waals surface area contributed by atoms with Crippen molar-refractivity contribution in [1.82, 2.24) is 10.3 Å². The molecule has 3 aromatic carbocycles. The summed E-state index contributed by atoms with van der Waals surface area (Å²) in [5, 5.41) is 17.4. The van der Waals surface area contributed by atoms with Crippen LogP contribution in [0.4, 0.5) is 17.1 Å². The summed E-state index contributed by atoms with van der Waals surface area (Å²) in [5.41, 5.74) is 4.55. The van der Waals surface area contributed by atoms with Crippen LogP contribution in [0.5, 0.6) is 0 Å². The minimum Gasteiger partial charge on any atom is -0.436 e. The lowest BCUT2D eigenvalue weighted by Gasteiger charge is -2.28. The maximum atomic E-state index is 12.8. The second kappa shape index (κ2) is 10.4. The number of fused-ring (bicyclic) bond motifs is 1. The van der Waals surface area contributed by atoms with Gasteiger partial charge in [0.05, 0.1) is 4.92 Å². The average Bonchev–Trinajstić information content (AvgIpc) is 3.32. The first-order valence-corrected chi connectivity index (χ1v) is 12.4. The number of piperidine rings is 1. The number of nitro benzene ring substituents is 1. The van der Waals surface area contributed by atoms with Crippen LogP contribution >= 0.6 is 12.2 Å². The van der Waals surface area contributed by atoms with Crippen molar-refractivity contribution in [3.63, 3.8) is 0 Å². The van der Waals surface area contributed by atoms with E-state index in [1.807, 2.05) is 48.2 Å². The quantitative estimate of drug-likeness (QED) is 0.194. The lowest BCUT2D eigenvalue weighted by Crippen LogP contribution is -2.34. The summed E-state index contributed by atoms with van der Waals surface area (Å²) >= 11 is 5.33. The fraction of sp³-hybridized carbons (Fsp3) is 0.222. The molecule has 1 amide bonds. The number of carbonyl (C=O) groups is 1. The monoisotopic (exact) mass is 515 g/mol. The van der Waals surface area contributed by atoms with Crippen molar-refractivity contribution in [2.24, 2.45) is 0 Å². The number of thiocarbonyl (C=S) groups is 1. The zero-order chi connectivity index (χ0) is 25.9. The highest BCUT2D eigenvalue weighted by atomic mass is 32.1. The SMILES string of the molecule is Cc1ccc2oc(-c3cccc(NC(=S)NC(=O)c4ccc(N5CCCCC5)c([N+](=O)[O-])c4)c3)nc2c1. The number of oxazole rings is 1. The summed E-state index contributed by atoms with van der Waals surface area (Å²) < 4.78 is 5.88. The molecule has 0 bridgehead atoms. The molecule has 1 aliphatic heterocycles. The van der Waals surface area contributed by atoms with Gasteiger partial charge in [-0.3, -0.25) is 20.2 Å². The third-order valence-electron chi connectivity index (χ3n) is 6.27. The zero-order valence-electron chi connectivity index (χ0n) is 20.2. The van der Waals surface area contributed by atoms with Crippen LogP contribution in [-0.4, -0.2) is 34.0 Å². The Morgan fingerprint density at radius 3 is 2.68 bits per heavy atom. The van der Waals surface area contributed by atoms with Gasteiger partial charge in [-0.15, -0.1) is 0 Å². The van der Waals surface area contributed by atoms with Crippen LogP contribution in [0.1, 0.15) is 35.2 Å². The van der Waals surface area contributed by atoms with E-state index in [1.54, 1.807) is 18.2 Å². The van der Waals surface area contributed by atoms with Gasteiger partial charge in [-0.1, -0.05) is 12.1 Å². The van der Waals surface area contributed by atoms with Crippen molar-refractivity contribution < 1.29 is 14.1 Å². The fourth-order valence-corrected chi connectivity index (χ4v) is 4.65. The Labute approximate surface area is 218 Å². The van der Waals surface area contributed by atoms with E-state index in [0.717, 1.165) is 49.0 Å². The Hall–Kier alpha value is -4.31. The number of nitro groups is 1. The van der Waals surface area contributed by atoms with Crippen LogP contribution in [0, 0.1) is 17.0 Å². The molecule has 4 aromatic rings. The van der Waals surface area contributed by atoms with E-state index in [0.29, 0.717) is 22.8 Å². The Balaban J connectivity index is 1.28. The number of hydrogen-bond donors (Lipinski definition) is 2. The second-order valence-corrected chi connectivity index (χ2v) is 9.40. The van der Waals surface area contributed by atoms with E-state index in [2.05, 4.69) is 15.6 Å². The molecule has 0 atom stereocenters. The molecule has 2 N–H and O–H groups in total. The highest BCUT2D eigenvalue weighted by molar-refractivity contribution is 7.80. The fourth-order valence-electron chi connectivity index (χ4n) is 4.44. The number of hydrogen-bond acceptors (Lipinski definition) is 7. The van der Waals surface area contributed by atoms with E-state index in [-0.39, 0.29) is 16.4 Å². The molecule has 0 aliphatic carbocycles. The molecule has 1 saturated heterocycles. The summed E-state index contributed by atoms with van der Waals surface area (Å²) in [6.45, 7) is 3.53. The number of aromatic nitrogens is 1. The summed E-state index contributed by atoms with van der Waals surface area (Å²) in [5.74, 6) is -0.0587. The van der Waals surface area contributed by atoms with Crippen molar-refractivity contribution in [2.75, 3.05) is 23.3 Å². The van der Waals surface area contributed by atoms with E-state index < -0.39 is 10.8 Å². The number of nitrogens with one attached hydrogen (secondary N) is 2. The number of aryl methyl sites for hydroxylation is 1. The standard InChI is InChI=1S/C27H25N5O4S/c1-17-8-11-24-21(14-17)29-26(36-24)19-6-5-7-20(15-19)28-27(37)30-25(33)18-9-10-22(23(16-18)32(34)35)31-12-3-2-4-13-31/h5-11,14-16H,2-4,12-13H2,1H3,(H2,28,30,33,37). The van der Waals surface area contributed by atoms with Crippen LogP contribution in [0.2, 0.25) is 0 Å². The molecule has 0 unspecified atom stereocenters. The molecule has 5 rings (SSSR count). The summed E-state index contributed by atoms with van der Waals surface area (Å²) in [7, 11) is 0. The van der Waals surface area contributed by atoms with Gasteiger partial charge in [0.25, 0.3) is 11.6 Å². The molecule has 188 valence electrons. The Morgan fingerprint density at radius 1 is 1.08 bits per heavy atom. The predicted molar refractivity (Wildman–Crippen MR) is 147 cm³/mol. The first-order chi connectivity index (χ1) is 17.9. The van der Waals surface area contributed by atoms with E-state index in [1.165, 1.54) is 6.07 Å². The number of benzene rings is 3. The third kappa shape index (κ3) is 5.44. The number of anilines is 2. The second-order valence-electron chi connectivity index (χ2n) is 8.99. The molecule has 2 heterocycles. The number of nitrogens with zero attached hydrogens (tertiary/aromatic N) is 3. The van der Waals surface area contributed by atoms with Gasteiger partial charge in [0.15, 0.2) is 10.7 Å². The lowest BCUT2D eigenvalue weighted by molar-refractivity contribution is -0.384. The molecular weight excluding hydrogens is 490 g/mol. The van der Waals surface area contributed by atoms with Crippen molar-refractivity contribution in [2.45, 2.75) is 26.2 Å². The van der Waals surface area contributed by atoms with Crippen molar-refractivity contribution in [3.8, 4) is 11.5 Å². The van der Waals surface area contributed by atoms with Crippen LogP contribution in [0.25, 0.3) is 22.6 Å². The van der Waals surface area contributed by atoms with E-state index >= 15 is 0 Å².